The molecule has 0 atom stereocenters. The highest BCUT2D eigenvalue weighted by molar-refractivity contribution is 7.89. The predicted octanol–water partition coefficient (Wildman–Crippen LogP) is 3.49. The quantitative estimate of drug-likeness (QED) is 0.724. The zero-order chi connectivity index (χ0) is 18.3. The lowest BCUT2D eigenvalue weighted by atomic mass is 10.2. The van der Waals surface area contributed by atoms with Crippen LogP contribution in [0.1, 0.15) is 41.9 Å². The maximum atomic E-state index is 12.6. The fourth-order valence-electron chi connectivity index (χ4n) is 2.39. The van der Waals surface area contributed by atoms with Crippen molar-refractivity contribution >= 4 is 27.3 Å². The van der Waals surface area contributed by atoms with Gasteiger partial charge in [0, 0.05) is 30.1 Å². The van der Waals surface area contributed by atoms with E-state index in [0.29, 0.717) is 18.7 Å². The summed E-state index contributed by atoms with van der Waals surface area (Å²) in [5, 5.41) is 1.90. The molecule has 0 unspecified atom stereocenters. The van der Waals surface area contributed by atoms with Gasteiger partial charge in [0.05, 0.1) is 4.90 Å². The summed E-state index contributed by atoms with van der Waals surface area (Å²) in [5.41, 5.74) is 0.400. The molecule has 7 heteroatoms. The Morgan fingerprint density at radius 2 is 2.00 bits per heavy atom. The molecule has 1 amide bonds. The van der Waals surface area contributed by atoms with Crippen LogP contribution in [0.5, 0.6) is 0 Å². The van der Waals surface area contributed by atoms with Crippen LogP contribution < -0.4 is 4.72 Å². The summed E-state index contributed by atoms with van der Waals surface area (Å²) < 4.78 is 27.5. The Hall–Kier alpha value is -1.70. The van der Waals surface area contributed by atoms with Crippen molar-refractivity contribution in [3.8, 4) is 0 Å². The van der Waals surface area contributed by atoms with Gasteiger partial charge in [-0.25, -0.2) is 13.1 Å². The minimum Gasteiger partial charge on any atom is -0.339 e. The second-order valence-corrected chi connectivity index (χ2v) is 8.47. The Labute approximate surface area is 153 Å². The van der Waals surface area contributed by atoms with Crippen LogP contribution in [0.2, 0.25) is 0 Å². The maximum Gasteiger partial charge on any atom is 0.253 e. The van der Waals surface area contributed by atoms with Crippen molar-refractivity contribution < 1.29 is 13.2 Å². The van der Waals surface area contributed by atoms with E-state index in [1.807, 2.05) is 24.4 Å². The molecule has 136 valence electrons. The standard InChI is InChI=1S/C18H24N2O3S2/c1-3-5-11-20(4-2)18(21)15-8-6-10-17(13-15)25(22,23)19-14-16-9-7-12-24-16/h6-10,12-13,19H,3-5,11,14H2,1-2H3. The zero-order valence-corrected chi connectivity index (χ0v) is 16.2. The number of benzene rings is 1. The highest BCUT2D eigenvalue weighted by Crippen LogP contribution is 2.15. The molecule has 1 N–H and O–H groups in total. The van der Waals surface area contributed by atoms with Gasteiger partial charge < -0.3 is 4.90 Å². The number of nitrogens with one attached hydrogen (secondary N) is 1. The topological polar surface area (TPSA) is 66.5 Å². The van der Waals surface area contributed by atoms with Crippen LogP contribution >= 0.6 is 11.3 Å². The number of sulfonamides is 1. The average molecular weight is 381 g/mol. The number of amides is 1. The first-order chi connectivity index (χ1) is 12.0. The monoisotopic (exact) mass is 380 g/mol. The molecule has 0 radical (unpaired) electrons. The molecule has 1 heterocycles. The molecule has 0 spiro atoms. The van der Waals surface area contributed by atoms with E-state index < -0.39 is 10.0 Å². The molecule has 0 saturated heterocycles. The molecule has 0 aliphatic rings. The molecule has 0 saturated carbocycles. The molecular weight excluding hydrogens is 356 g/mol. The van der Waals surface area contributed by atoms with E-state index in [0.717, 1.165) is 17.7 Å². The molecule has 5 nitrogen and oxygen atoms in total. The van der Waals surface area contributed by atoms with Gasteiger partial charge in [-0.05, 0) is 43.0 Å². The van der Waals surface area contributed by atoms with Crippen LogP contribution in [0.4, 0.5) is 0 Å². The first-order valence-corrected chi connectivity index (χ1v) is 10.8. The van der Waals surface area contributed by atoms with E-state index in [1.54, 1.807) is 17.0 Å². The van der Waals surface area contributed by atoms with Crippen LogP contribution in [0.15, 0.2) is 46.7 Å². The zero-order valence-electron chi connectivity index (χ0n) is 14.6. The summed E-state index contributed by atoms with van der Waals surface area (Å²) >= 11 is 1.49. The van der Waals surface area contributed by atoms with E-state index in [9.17, 15) is 13.2 Å². The van der Waals surface area contributed by atoms with Gasteiger partial charge >= 0.3 is 0 Å². The maximum absolute atomic E-state index is 12.6. The minimum atomic E-state index is -3.66. The molecule has 1 aromatic carbocycles. The normalized spacial score (nSPS) is 11.4. The number of carbonyl (C=O) groups excluding carboxylic acids is 1. The summed E-state index contributed by atoms with van der Waals surface area (Å²) in [7, 11) is -3.66. The van der Waals surface area contributed by atoms with Crippen molar-refractivity contribution in [3.63, 3.8) is 0 Å². The molecule has 0 fully saturated rings. The number of thiophene rings is 1. The van der Waals surface area contributed by atoms with Gasteiger partial charge in [-0.2, -0.15) is 0 Å². The lowest BCUT2D eigenvalue weighted by molar-refractivity contribution is 0.0762. The lowest BCUT2D eigenvalue weighted by Gasteiger charge is -2.21. The summed E-state index contributed by atoms with van der Waals surface area (Å²) in [5.74, 6) is -0.133. The van der Waals surface area contributed by atoms with E-state index in [2.05, 4.69) is 11.6 Å². The highest BCUT2D eigenvalue weighted by Gasteiger charge is 2.18. The number of nitrogens with zero attached hydrogens (tertiary/aromatic N) is 1. The first kappa shape index (κ1) is 19.6. The van der Waals surface area contributed by atoms with Crippen molar-refractivity contribution in [1.29, 1.82) is 0 Å². The largest absolute Gasteiger partial charge is 0.339 e. The Balaban J connectivity index is 2.15. The van der Waals surface area contributed by atoms with E-state index in [-0.39, 0.29) is 17.3 Å². The van der Waals surface area contributed by atoms with Gasteiger partial charge in [-0.1, -0.05) is 25.5 Å². The SMILES string of the molecule is CCCCN(CC)C(=O)c1cccc(S(=O)(=O)NCc2cccs2)c1. The van der Waals surface area contributed by atoms with Crippen LogP contribution in [-0.2, 0) is 16.6 Å². The number of hydrogen-bond donors (Lipinski definition) is 1. The lowest BCUT2D eigenvalue weighted by Crippen LogP contribution is -2.32. The Morgan fingerprint density at radius 3 is 2.64 bits per heavy atom. The Kier molecular flexibility index (Phi) is 7.16. The van der Waals surface area contributed by atoms with Crippen molar-refractivity contribution in [2.24, 2.45) is 0 Å². The van der Waals surface area contributed by atoms with Gasteiger partial charge in [0.15, 0.2) is 0 Å². The van der Waals surface area contributed by atoms with Crippen LogP contribution in [0.25, 0.3) is 0 Å². The molecule has 1 aromatic heterocycles. The fraction of sp³-hybridized carbons (Fsp3) is 0.389. The van der Waals surface area contributed by atoms with Crippen molar-refractivity contribution in [2.45, 2.75) is 38.1 Å². The summed E-state index contributed by atoms with van der Waals surface area (Å²) in [6, 6.07) is 9.99. The molecule has 25 heavy (non-hydrogen) atoms. The number of carbonyl (C=O) groups is 1. The Bertz CT molecular complexity index is 786. The molecule has 2 rings (SSSR count). The smallest absolute Gasteiger partial charge is 0.253 e. The van der Waals surface area contributed by atoms with Crippen molar-refractivity contribution in [3.05, 3.63) is 52.2 Å². The van der Waals surface area contributed by atoms with Gasteiger partial charge in [0.2, 0.25) is 10.0 Å². The molecule has 0 aliphatic heterocycles. The van der Waals surface area contributed by atoms with Gasteiger partial charge in [0.1, 0.15) is 0 Å². The van der Waals surface area contributed by atoms with Crippen LogP contribution in [-0.4, -0.2) is 32.3 Å². The first-order valence-electron chi connectivity index (χ1n) is 8.39. The van der Waals surface area contributed by atoms with E-state index >= 15 is 0 Å². The third-order valence-corrected chi connectivity index (χ3v) is 6.13. The predicted molar refractivity (Wildman–Crippen MR) is 101 cm³/mol. The van der Waals surface area contributed by atoms with E-state index in [1.165, 1.54) is 23.5 Å². The highest BCUT2D eigenvalue weighted by atomic mass is 32.2. The second-order valence-electron chi connectivity index (χ2n) is 5.67. The van der Waals surface area contributed by atoms with Crippen LogP contribution in [0, 0.1) is 0 Å². The van der Waals surface area contributed by atoms with Gasteiger partial charge in [-0.3, -0.25) is 4.79 Å². The third-order valence-electron chi connectivity index (χ3n) is 3.86. The number of hydrogen-bond acceptors (Lipinski definition) is 4. The summed E-state index contributed by atoms with van der Waals surface area (Å²) in [6.07, 6.45) is 1.94. The third kappa shape index (κ3) is 5.39. The fourth-order valence-corrected chi connectivity index (χ4v) is 4.18. The Morgan fingerprint density at radius 1 is 1.20 bits per heavy atom. The van der Waals surface area contributed by atoms with Crippen LogP contribution in [0.3, 0.4) is 0 Å². The van der Waals surface area contributed by atoms with Gasteiger partial charge in [-0.15, -0.1) is 11.3 Å². The van der Waals surface area contributed by atoms with Gasteiger partial charge in [0.25, 0.3) is 5.91 Å². The summed E-state index contributed by atoms with van der Waals surface area (Å²) in [6.45, 7) is 5.53. The number of rotatable bonds is 9. The molecular formula is C18H24N2O3S2. The minimum absolute atomic E-state index is 0.112. The second kappa shape index (κ2) is 9.12. The van der Waals surface area contributed by atoms with Crippen molar-refractivity contribution in [2.75, 3.05) is 13.1 Å². The number of unbranched alkanes of at least 4 members (excludes halogenated alkanes) is 1. The average Bonchev–Trinajstić information content (AvgIpc) is 3.14. The molecule has 2 aromatic rings. The van der Waals surface area contributed by atoms with E-state index in [4.69, 9.17) is 0 Å². The van der Waals surface area contributed by atoms with Crippen molar-refractivity contribution in [1.82, 2.24) is 9.62 Å². The molecule has 0 aliphatic carbocycles. The summed E-state index contributed by atoms with van der Waals surface area (Å²) in [4.78, 5) is 15.4. The molecule has 0 bridgehead atoms.